The minimum Gasteiger partial charge on any atom is -0.393 e. The minimum atomic E-state index is -0.210. The molecule has 1 aliphatic carbocycles. The molecule has 1 aliphatic rings. The van der Waals surface area contributed by atoms with Crippen molar-refractivity contribution in [1.82, 2.24) is 10.5 Å². The van der Waals surface area contributed by atoms with Crippen LogP contribution in [0.3, 0.4) is 0 Å². The van der Waals surface area contributed by atoms with Crippen LogP contribution in [0, 0.1) is 0 Å². The van der Waals surface area contributed by atoms with Crippen LogP contribution >= 0.6 is 0 Å². The van der Waals surface area contributed by atoms with Gasteiger partial charge in [-0.1, -0.05) is 19.0 Å². The normalized spacial score (nSPS) is 24.2. The van der Waals surface area contributed by atoms with E-state index < -0.39 is 0 Å². The van der Waals surface area contributed by atoms with Gasteiger partial charge in [-0.3, -0.25) is 4.79 Å². The van der Waals surface area contributed by atoms with Crippen LogP contribution in [0.15, 0.2) is 10.6 Å². The Morgan fingerprint density at radius 3 is 2.67 bits per heavy atom. The topological polar surface area (TPSA) is 75.4 Å². The Balaban J connectivity index is 1.91. The van der Waals surface area contributed by atoms with Crippen molar-refractivity contribution in [2.24, 2.45) is 0 Å². The van der Waals surface area contributed by atoms with E-state index in [0.717, 1.165) is 31.4 Å². The minimum absolute atomic E-state index is 0.139. The first-order valence-electron chi connectivity index (χ1n) is 6.52. The second-order valence-electron chi connectivity index (χ2n) is 5.25. The molecular formula is C13H20N2O3. The highest BCUT2D eigenvalue weighted by molar-refractivity contribution is 5.92. The first-order chi connectivity index (χ1) is 8.56. The van der Waals surface area contributed by atoms with Crippen molar-refractivity contribution in [3.8, 4) is 0 Å². The van der Waals surface area contributed by atoms with Crippen LogP contribution in [0.25, 0.3) is 0 Å². The Labute approximate surface area is 107 Å². The summed E-state index contributed by atoms with van der Waals surface area (Å²) in [4.78, 5) is 11.9. The van der Waals surface area contributed by atoms with E-state index in [1.807, 2.05) is 13.8 Å². The zero-order valence-electron chi connectivity index (χ0n) is 10.8. The van der Waals surface area contributed by atoms with Gasteiger partial charge < -0.3 is 14.9 Å². The quantitative estimate of drug-likeness (QED) is 0.860. The molecule has 1 aromatic rings. The Hall–Kier alpha value is -1.36. The summed E-state index contributed by atoms with van der Waals surface area (Å²) >= 11 is 0. The highest BCUT2D eigenvalue weighted by Gasteiger charge is 2.22. The van der Waals surface area contributed by atoms with Crippen LogP contribution < -0.4 is 5.32 Å². The number of carbonyl (C=O) groups excluding carboxylic acids is 1. The van der Waals surface area contributed by atoms with Gasteiger partial charge >= 0.3 is 0 Å². The van der Waals surface area contributed by atoms with Crippen LogP contribution in [0.5, 0.6) is 0 Å². The summed E-state index contributed by atoms with van der Waals surface area (Å²) in [6.45, 7) is 3.98. The summed E-state index contributed by atoms with van der Waals surface area (Å²) < 4.78 is 5.10. The van der Waals surface area contributed by atoms with E-state index in [1.54, 1.807) is 6.07 Å². The standard InChI is InChI=1S/C13H20N2O3/c1-8(2)12-7-11(15-18-12)13(17)14-9-3-5-10(16)6-4-9/h7-10,16H,3-6H2,1-2H3,(H,14,17). The lowest BCUT2D eigenvalue weighted by Gasteiger charge is -2.25. The molecule has 2 rings (SSSR count). The van der Waals surface area contributed by atoms with E-state index >= 15 is 0 Å². The number of nitrogens with zero attached hydrogens (tertiary/aromatic N) is 1. The first-order valence-corrected chi connectivity index (χ1v) is 6.52. The third-order valence-electron chi connectivity index (χ3n) is 3.36. The average Bonchev–Trinajstić information content (AvgIpc) is 2.81. The molecule has 1 saturated carbocycles. The Kier molecular flexibility index (Phi) is 4.01. The Morgan fingerprint density at radius 1 is 1.44 bits per heavy atom. The lowest BCUT2D eigenvalue weighted by atomic mass is 9.93. The summed E-state index contributed by atoms with van der Waals surface area (Å²) in [6, 6.07) is 1.83. The molecule has 18 heavy (non-hydrogen) atoms. The first kappa shape index (κ1) is 13.1. The van der Waals surface area contributed by atoms with Crippen molar-refractivity contribution < 1.29 is 14.4 Å². The number of aliphatic hydroxyl groups excluding tert-OH is 1. The van der Waals surface area contributed by atoms with Crippen molar-refractivity contribution in [1.29, 1.82) is 0 Å². The van der Waals surface area contributed by atoms with Crippen molar-refractivity contribution in [3.05, 3.63) is 17.5 Å². The second-order valence-corrected chi connectivity index (χ2v) is 5.25. The largest absolute Gasteiger partial charge is 0.393 e. The van der Waals surface area contributed by atoms with Gasteiger partial charge in [0.15, 0.2) is 5.69 Å². The maximum absolute atomic E-state index is 11.9. The van der Waals surface area contributed by atoms with Gasteiger partial charge in [0, 0.05) is 18.0 Å². The van der Waals surface area contributed by atoms with Gasteiger partial charge in [0.25, 0.3) is 5.91 Å². The fraction of sp³-hybridized carbons (Fsp3) is 0.692. The molecule has 0 atom stereocenters. The summed E-state index contributed by atoms with van der Waals surface area (Å²) in [5.41, 5.74) is 0.338. The molecule has 0 aromatic carbocycles. The Morgan fingerprint density at radius 2 is 2.11 bits per heavy atom. The number of hydrogen-bond acceptors (Lipinski definition) is 4. The summed E-state index contributed by atoms with van der Waals surface area (Å²) in [5.74, 6) is 0.759. The van der Waals surface area contributed by atoms with Gasteiger partial charge in [-0.2, -0.15) is 0 Å². The highest BCUT2D eigenvalue weighted by atomic mass is 16.5. The van der Waals surface area contributed by atoms with Crippen molar-refractivity contribution in [2.45, 2.75) is 57.6 Å². The second kappa shape index (κ2) is 5.52. The number of aliphatic hydroxyl groups is 1. The fourth-order valence-electron chi connectivity index (χ4n) is 2.15. The van der Waals surface area contributed by atoms with Crippen LogP contribution in [0.4, 0.5) is 0 Å². The molecule has 0 unspecified atom stereocenters. The molecule has 0 bridgehead atoms. The zero-order valence-corrected chi connectivity index (χ0v) is 10.8. The fourth-order valence-corrected chi connectivity index (χ4v) is 2.15. The molecular weight excluding hydrogens is 232 g/mol. The predicted molar refractivity (Wildman–Crippen MR) is 66.3 cm³/mol. The molecule has 5 nitrogen and oxygen atoms in total. The molecule has 0 aliphatic heterocycles. The number of amides is 1. The number of carbonyl (C=O) groups is 1. The smallest absolute Gasteiger partial charge is 0.273 e. The van der Waals surface area contributed by atoms with Gasteiger partial charge in [-0.25, -0.2) is 0 Å². The number of hydrogen-bond donors (Lipinski definition) is 2. The molecule has 1 heterocycles. The van der Waals surface area contributed by atoms with Gasteiger partial charge in [0.2, 0.25) is 0 Å². The van der Waals surface area contributed by atoms with E-state index in [4.69, 9.17) is 4.52 Å². The molecule has 5 heteroatoms. The van der Waals surface area contributed by atoms with Gasteiger partial charge in [0.1, 0.15) is 5.76 Å². The maximum Gasteiger partial charge on any atom is 0.273 e. The summed E-state index contributed by atoms with van der Waals surface area (Å²) in [7, 11) is 0. The van der Waals surface area contributed by atoms with Crippen molar-refractivity contribution in [2.75, 3.05) is 0 Å². The Bertz CT molecular complexity index is 406. The SMILES string of the molecule is CC(C)c1cc(C(=O)NC2CCC(O)CC2)no1. The molecule has 1 fully saturated rings. The summed E-state index contributed by atoms with van der Waals surface area (Å²) in [6.07, 6.45) is 2.93. The van der Waals surface area contributed by atoms with E-state index in [9.17, 15) is 9.90 Å². The number of nitrogens with one attached hydrogen (secondary N) is 1. The summed E-state index contributed by atoms with van der Waals surface area (Å²) in [5, 5.41) is 16.1. The highest BCUT2D eigenvalue weighted by Crippen LogP contribution is 2.19. The third-order valence-corrected chi connectivity index (χ3v) is 3.36. The van der Waals surface area contributed by atoms with E-state index in [0.29, 0.717) is 5.69 Å². The zero-order chi connectivity index (χ0) is 13.1. The van der Waals surface area contributed by atoms with Crippen molar-refractivity contribution in [3.63, 3.8) is 0 Å². The van der Waals surface area contributed by atoms with Gasteiger partial charge in [-0.15, -0.1) is 0 Å². The predicted octanol–water partition coefficient (Wildman–Crippen LogP) is 1.83. The van der Waals surface area contributed by atoms with Crippen molar-refractivity contribution >= 4 is 5.91 Å². The molecule has 2 N–H and O–H groups in total. The van der Waals surface area contributed by atoms with Crippen LogP contribution in [0.2, 0.25) is 0 Å². The van der Waals surface area contributed by atoms with Crippen LogP contribution in [-0.4, -0.2) is 28.3 Å². The third kappa shape index (κ3) is 3.10. The van der Waals surface area contributed by atoms with E-state index in [2.05, 4.69) is 10.5 Å². The lowest BCUT2D eigenvalue weighted by Crippen LogP contribution is -2.38. The average molecular weight is 252 g/mol. The van der Waals surface area contributed by atoms with Gasteiger partial charge in [0.05, 0.1) is 6.10 Å². The molecule has 1 aromatic heterocycles. The van der Waals surface area contributed by atoms with E-state index in [-0.39, 0.29) is 24.0 Å². The van der Waals surface area contributed by atoms with E-state index in [1.165, 1.54) is 0 Å². The van der Waals surface area contributed by atoms with Gasteiger partial charge in [-0.05, 0) is 25.7 Å². The molecule has 100 valence electrons. The number of rotatable bonds is 3. The lowest BCUT2D eigenvalue weighted by molar-refractivity contribution is 0.0859. The molecule has 0 radical (unpaired) electrons. The van der Waals surface area contributed by atoms with Crippen LogP contribution in [0.1, 0.15) is 61.7 Å². The molecule has 1 amide bonds. The molecule has 0 spiro atoms. The number of aromatic nitrogens is 1. The monoisotopic (exact) mass is 252 g/mol. The maximum atomic E-state index is 11.9. The van der Waals surface area contributed by atoms with Crippen LogP contribution in [-0.2, 0) is 0 Å². The molecule has 0 saturated heterocycles.